The lowest BCUT2D eigenvalue weighted by Gasteiger charge is -2.14. The lowest BCUT2D eigenvalue weighted by atomic mass is 10.2. The molecule has 1 heterocycles. The molecule has 0 saturated carbocycles. The first kappa shape index (κ1) is 15.4. The second-order valence-corrected chi connectivity index (χ2v) is 5.84. The van der Waals surface area contributed by atoms with E-state index in [1.165, 1.54) is 0 Å². The molecular formula is C18H17ClN2O2. The maximum Gasteiger partial charge on any atom is 0.319 e. The molecule has 5 heteroatoms. The number of hydrogen-bond acceptors (Lipinski definition) is 2. The Hall–Kier alpha value is -2.46. The Bertz CT molecular complexity index is 796. The second kappa shape index (κ2) is 6.75. The van der Waals surface area contributed by atoms with Crippen LogP contribution in [0, 0.1) is 0 Å². The summed E-state index contributed by atoms with van der Waals surface area (Å²) in [7, 11) is 0. The maximum atomic E-state index is 12.0. The number of para-hydroxylation sites is 2. The van der Waals surface area contributed by atoms with Crippen molar-refractivity contribution in [2.75, 3.05) is 5.32 Å². The number of carbonyl (C=O) groups excluding carboxylic acids is 1. The fraction of sp³-hybridized carbons (Fsp3) is 0.167. The number of halogens is 1. The number of rotatable bonds is 4. The molecular weight excluding hydrogens is 312 g/mol. The Morgan fingerprint density at radius 2 is 1.91 bits per heavy atom. The van der Waals surface area contributed by atoms with Crippen molar-refractivity contribution in [3.8, 4) is 0 Å². The van der Waals surface area contributed by atoms with E-state index in [9.17, 15) is 4.79 Å². The van der Waals surface area contributed by atoms with Crippen molar-refractivity contribution in [3.63, 3.8) is 0 Å². The predicted octanol–water partition coefficient (Wildman–Crippen LogP) is 4.84. The third-order valence-electron chi connectivity index (χ3n) is 3.48. The minimum absolute atomic E-state index is 0.0713. The standard InChI is InChI=1S/C18H17ClN2O2/c1-12(10-14-11-13-6-2-5-9-17(13)23-14)20-18(22)21-16-8-4-3-7-15(16)19/h2-9,11-12H,10H2,1H3,(H2,20,21,22)/t12-/m0/s1. The summed E-state index contributed by atoms with van der Waals surface area (Å²) >= 11 is 6.02. The average molecular weight is 329 g/mol. The Morgan fingerprint density at radius 3 is 2.70 bits per heavy atom. The molecule has 0 aliphatic heterocycles. The quantitative estimate of drug-likeness (QED) is 0.720. The number of furan rings is 1. The molecule has 0 radical (unpaired) electrons. The van der Waals surface area contributed by atoms with Gasteiger partial charge in [0.1, 0.15) is 11.3 Å². The van der Waals surface area contributed by atoms with Crippen LogP contribution in [-0.2, 0) is 6.42 Å². The highest BCUT2D eigenvalue weighted by Crippen LogP contribution is 2.21. The van der Waals surface area contributed by atoms with Gasteiger partial charge in [0.2, 0.25) is 0 Å². The number of amides is 2. The van der Waals surface area contributed by atoms with Crippen LogP contribution in [0.1, 0.15) is 12.7 Å². The zero-order valence-electron chi connectivity index (χ0n) is 12.7. The number of benzene rings is 2. The zero-order valence-corrected chi connectivity index (χ0v) is 13.4. The average Bonchev–Trinajstić information content (AvgIpc) is 2.91. The molecule has 0 unspecified atom stereocenters. The van der Waals surface area contributed by atoms with E-state index in [-0.39, 0.29) is 12.1 Å². The first-order valence-corrected chi connectivity index (χ1v) is 7.79. The minimum Gasteiger partial charge on any atom is -0.461 e. The zero-order chi connectivity index (χ0) is 16.2. The largest absolute Gasteiger partial charge is 0.461 e. The maximum absolute atomic E-state index is 12.0. The van der Waals surface area contributed by atoms with Gasteiger partial charge in [-0.1, -0.05) is 41.9 Å². The number of hydrogen-bond donors (Lipinski definition) is 2. The highest BCUT2D eigenvalue weighted by atomic mass is 35.5. The Morgan fingerprint density at radius 1 is 1.17 bits per heavy atom. The Balaban J connectivity index is 1.59. The molecule has 4 nitrogen and oxygen atoms in total. The van der Waals surface area contributed by atoms with Crippen LogP contribution in [0.25, 0.3) is 11.0 Å². The Kier molecular flexibility index (Phi) is 4.53. The van der Waals surface area contributed by atoms with E-state index in [2.05, 4.69) is 10.6 Å². The van der Waals surface area contributed by atoms with Crippen molar-refractivity contribution in [2.24, 2.45) is 0 Å². The number of carbonyl (C=O) groups is 1. The van der Waals surface area contributed by atoms with E-state index < -0.39 is 0 Å². The van der Waals surface area contributed by atoms with E-state index in [4.69, 9.17) is 16.0 Å². The molecule has 0 aliphatic carbocycles. The summed E-state index contributed by atoms with van der Waals surface area (Å²) in [4.78, 5) is 12.0. The van der Waals surface area contributed by atoms with Crippen molar-refractivity contribution >= 4 is 34.3 Å². The molecule has 0 saturated heterocycles. The highest BCUT2D eigenvalue weighted by Gasteiger charge is 2.12. The van der Waals surface area contributed by atoms with Crippen molar-refractivity contribution in [2.45, 2.75) is 19.4 Å². The summed E-state index contributed by atoms with van der Waals surface area (Å²) in [6, 6.07) is 16.6. The summed E-state index contributed by atoms with van der Waals surface area (Å²) < 4.78 is 5.76. The molecule has 0 bridgehead atoms. The van der Waals surface area contributed by atoms with Crippen LogP contribution in [0.3, 0.4) is 0 Å². The van der Waals surface area contributed by atoms with Gasteiger partial charge in [-0.05, 0) is 31.2 Å². The monoisotopic (exact) mass is 328 g/mol. The lowest BCUT2D eigenvalue weighted by Crippen LogP contribution is -2.37. The number of anilines is 1. The van der Waals surface area contributed by atoms with Crippen LogP contribution in [0.15, 0.2) is 59.0 Å². The fourth-order valence-corrected chi connectivity index (χ4v) is 2.62. The van der Waals surface area contributed by atoms with Crippen LogP contribution >= 0.6 is 11.6 Å². The summed E-state index contributed by atoms with van der Waals surface area (Å²) in [5, 5.41) is 7.19. The molecule has 2 amide bonds. The third kappa shape index (κ3) is 3.85. The predicted molar refractivity (Wildman–Crippen MR) is 93.0 cm³/mol. The Labute approximate surface area is 139 Å². The lowest BCUT2D eigenvalue weighted by molar-refractivity contribution is 0.249. The van der Waals surface area contributed by atoms with Crippen molar-refractivity contribution in [1.29, 1.82) is 0 Å². The van der Waals surface area contributed by atoms with Gasteiger partial charge in [0, 0.05) is 17.8 Å². The second-order valence-electron chi connectivity index (χ2n) is 5.43. The first-order chi connectivity index (χ1) is 11.1. The van der Waals surface area contributed by atoms with E-state index in [0.29, 0.717) is 17.1 Å². The molecule has 2 N–H and O–H groups in total. The molecule has 3 aromatic rings. The smallest absolute Gasteiger partial charge is 0.319 e. The molecule has 1 aromatic heterocycles. The molecule has 0 spiro atoms. The molecule has 3 rings (SSSR count). The van der Waals surface area contributed by atoms with Crippen LogP contribution in [0.4, 0.5) is 10.5 Å². The normalized spacial score (nSPS) is 12.1. The van der Waals surface area contributed by atoms with Gasteiger partial charge in [-0.3, -0.25) is 0 Å². The van der Waals surface area contributed by atoms with E-state index in [1.54, 1.807) is 12.1 Å². The van der Waals surface area contributed by atoms with Crippen LogP contribution < -0.4 is 10.6 Å². The van der Waals surface area contributed by atoms with Gasteiger partial charge in [-0.2, -0.15) is 0 Å². The van der Waals surface area contributed by atoms with Crippen molar-refractivity contribution in [1.82, 2.24) is 5.32 Å². The fourth-order valence-electron chi connectivity index (χ4n) is 2.44. The first-order valence-electron chi connectivity index (χ1n) is 7.41. The summed E-state index contributed by atoms with van der Waals surface area (Å²) in [6.07, 6.45) is 0.616. The van der Waals surface area contributed by atoms with Crippen LogP contribution in [0.2, 0.25) is 5.02 Å². The van der Waals surface area contributed by atoms with Crippen LogP contribution in [0.5, 0.6) is 0 Å². The van der Waals surface area contributed by atoms with Gasteiger partial charge >= 0.3 is 6.03 Å². The summed E-state index contributed by atoms with van der Waals surface area (Å²) in [5.41, 5.74) is 1.44. The van der Waals surface area contributed by atoms with Crippen molar-refractivity contribution < 1.29 is 9.21 Å². The van der Waals surface area contributed by atoms with Gasteiger partial charge in [0.15, 0.2) is 0 Å². The van der Waals surface area contributed by atoms with Gasteiger partial charge < -0.3 is 15.1 Å². The van der Waals surface area contributed by atoms with Gasteiger partial charge in [-0.25, -0.2) is 4.79 Å². The van der Waals surface area contributed by atoms with Gasteiger partial charge in [0.05, 0.1) is 10.7 Å². The summed E-state index contributed by atoms with van der Waals surface area (Å²) in [5.74, 6) is 0.844. The van der Waals surface area contributed by atoms with E-state index in [0.717, 1.165) is 16.7 Å². The van der Waals surface area contributed by atoms with Crippen molar-refractivity contribution in [3.05, 3.63) is 65.4 Å². The minimum atomic E-state index is -0.290. The molecule has 0 fully saturated rings. The highest BCUT2D eigenvalue weighted by molar-refractivity contribution is 6.33. The third-order valence-corrected chi connectivity index (χ3v) is 3.81. The molecule has 23 heavy (non-hydrogen) atoms. The van der Waals surface area contributed by atoms with E-state index in [1.807, 2.05) is 49.4 Å². The molecule has 0 aliphatic rings. The SMILES string of the molecule is C[C@@H](Cc1cc2ccccc2o1)NC(=O)Nc1ccccc1Cl. The molecule has 1 atom stereocenters. The topological polar surface area (TPSA) is 54.3 Å². The van der Waals surface area contributed by atoms with Gasteiger partial charge in [-0.15, -0.1) is 0 Å². The molecule has 2 aromatic carbocycles. The van der Waals surface area contributed by atoms with Crippen LogP contribution in [-0.4, -0.2) is 12.1 Å². The number of urea groups is 1. The molecule has 118 valence electrons. The van der Waals surface area contributed by atoms with E-state index >= 15 is 0 Å². The number of nitrogens with one attached hydrogen (secondary N) is 2. The number of fused-ring (bicyclic) bond motifs is 1. The summed E-state index contributed by atoms with van der Waals surface area (Å²) in [6.45, 7) is 1.93. The van der Waals surface area contributed by atoms with Gasteiger partial charge in [0.25, 0.3) is 0 Å².